The van der Waals surface area contributed by atoms with Gasteiger partial charge in [-0.2, -0.15) is 13.2 Å². The quantitative estimate of drug-likeness (QED) is 0.440. The Morgan fingerprint density at radius 1 is 0.935 bits per heavy atom. The number of para-hydroxylation sites is 1. The lowest BCUT2D eigenvalue weighted by molar-refractivity contribution is -0.137. The fourth-order valence-electron chi connectivity index (χ4n) is 4.74. The molecule has 0 spiro atoms. The molecule has 2 nitrogen and oxygen atoms in total. The van der Waals surface area contributed by atoms with Crippen molar-refractivity contribution in [3.63, 3.8) is 0 Å². The molecule has 0 saturated heterocycles. The summed E-state index contributed by atoms with van der Waals surface area (Å²) in [6.45, 7) is 6.23. The standard InChI is InChI=1S/C26H22F3NO/c1-15-14-25(2,3)30-20-12-11-19-18-9-4-5-10-21(18)31-24(23(19)22(15)20)16-7-6-8-17(13-16)26(27,28)29/h4-14,24,30H,1-3H3/t24-/m1/s1. The molecule has 2 aliphatic heterocycles. The minimum atomic E-state index is -4.41. The van der Waals surface area contributed by atoms with Gasteiger partial charge in [0.25, 0.3) is 0 Å². The summed E-state index contributed by atoms with van der Waals surface area (Å²) in [5.41, 5.74) is 5.45. The Morgan fingerprint density at radius 2 is 1.71 bits per heavy atom. The lowest BCUT2D eigenvalue weighted by Crippen LogP contribution is -2.32. The lowest BCUT2D eigenvalue weighted by atomic mass is 9.80. The number of fused-ring (bicyclic) bond motifs is 5. The summed E-state index contributed by atoms with van der Waals surface area (Å²) in [7, 11) is 0. The van der Waals surface area contributed by atoms with Gasteiger partial charge in [-0.1, -0.05) is 42.5 Å². The molecular weight excluding hydrogens is 399 g/mol. The molecule has 0 saturated carbocycles. The SMILES string of the molecule is CC1=CC(C)(C)Nc2ccc3c(c21)[C@@H](c1cccc(C(F)(F)F)c1)Oc1ccccc1-3. The number of hydrogen-bond donors (Lipinski definition) is 1. The monoisotopic (exact) mass is 421 g/mol. The predicted molar refractivity (Wildman–Crippen MR) is 117 cm³/mol. The van der Waals surface area contributed by atoms with E-state index in [4.69, 9.17) is 4.74 Å². The van der Waals surface area contributed by atoms with E-state index in [0.29, 0.717) is 11.3 Å². The van der Waals surface area contributed by atoms with Crippen LogP contribution in [0.4, 0.5) is 18.9 Å². The van der Waals surface area contributed by atoms with E-state index in [1.165, 1.54) is 12.1 Å². The summed E-state index contributed by atoms with van der Waals surface area (Å²) < 4.78 is 46.6. The molecule has 0 amide bonds. The van der Waals surface area contributed by atoms with Gasteiger partial charge in [0.05, 0.1) is 11.1 Å². The van der Waals surface area contributed by atoms with Gasteiger partial charge in [0, 0.05) is 22.4 Å². The van der Waals surface area contributed by atoms with Gasteiger partial charge in [-0.05, 0) is 61.7 Å². The Morgan fingerprint density at radius 3 is 2.48 bits per heavy atom. The summed E-state index contributed by atoms with van der Waals surface area (Å²) in [5.74, 6) is 0.670. The normalized spacial score (nSPS) is 18.6. The van der Waals surface area contributed by atoms with Crippen molar-refractivity contribution in [2.45, 2.75) is 38.6 Å². The molecule has 1 atom stereocenters. The van der Waals surface area contributed by atoms with Gasteiger partial charge in [0.2, 0.25) is 0 Å². The second kappa shape index (κ2) is 6.64. The average molecular weight is 421 g/mol. The highest BCUT2D eigenvalue weighted by atomic mass is 19.4. The van der Waals surface area contributed by atoms with Crippen LogP contribution in [0.1, 0.15) is 49.1 Å². The first-order valence-corrected chi connectivity index (χ1v) is 10.2. The van der Waals surface area contributed by atoms with Crippen molar-refractivity contribution in [2.75, 3.05) is 5.32 Å². The number of rotatable bonds is 1. The van der Waals surface area contributed by atoms with Crippen LogP contribution in [0.5, 0.6) is 5.75 Å². The van der Waals surface area contributed by atoms with Crippen molar-refractivity contribution in [1.29, 1.82) is 0 Å². The third-order valence-electron chi connectivity index (χ3n) is 5.87. The maximum absolute atomic E-state index is 13.4. The summed E-state index contributed by atoms with van der Waals surface area (Å²) in [6.07, 6.45) is -2.91. The number of allylic oxidation sites excluding steroid dienone is 1. The van der Waals surface area contributed by atoms with E-state index < -0.39 is 17.8 Å². The van der Waals surface area contributed by atoms with Crippen LogP contribution < -0.4 is 10.1 Å². The van der Waals surface area contributed by atoms with E-state index in [2.05, 4.69) is 31.3 Å². The summed E-state index contributed by atoms with van der Waals surface area (Å²) in [6, 6.07) is 17.2. The first kappa shape index (κ1) is 19.7. The summed E-state index contributed by atoms with van der Waals surface area (Å²) in [5, 5.41) is 3.54. The Kier molecular flexibility index (Phi) is 4.23. The fraction of sp³-hybridized carbons (Fsp3) is 0.231. The highest BCUT2D eigenvalue weighted by molar-refractivity contribution is 5.90. The van der Waals surface area contributed by atoms with E-state index in [1.807, 2.05) is 37.3 Å². The van der Waals surface area contributed by atoms with Crippen LogP contribution in [0.25, 0.3) is 16.7 Å². The van der Waals surface area contributed by atoms with E-state index in [9.17, 15) is 13.2 Å². The van der Waals surface area contributed by atoms with Crippen molar-refractivity contribution in [3.05, 3.63) is 89.0 Å². The minimum absolute atomic E-state index is 0.218. The van der Waals surface area contributed by atoms with Gasteiger partial charge in [-0.3, -0.25) is 0 Å². The number of ether oxygens (including phenoxy) is 1. The van der Waals surface area contributed by atoms with Crippen molar-refractivity contribution in [2.24, 2.45) is 0 Å². The maximum Gasteiger partial charge on any atom is 0.416 e. The predicted octanol–water partition coefficient (Wildman–Crippen LogP) is 7.46. The summed E-state index contributed by atoms with van der Waals surface area (Å²) in [4.78, 5) is 0. The molecule has 0 unspecified atom stereocenters. The second-order valence-corrected chi connectivity index (χ2v) is 8.74. The number of anilines is 1. The minimum Gasteiger partial charge on any atom is -0.480 e. The molecule has 0 fully saturated rings. The molecule has 158 valence electrons. The molecule has 1 N–H and O–H groups in total. The van der Waals surface area contributed by atoms with E-state index in [-0.39, 0.29) is 5.54 Å². The molecule has 3 aromatic rings. The zero-order valence-electron chi connectivity index (χ0n) is 17.5. The number of halogens is 3. The number of nitrogens with one attached hydrogen (secondary N) is 1. The highest BCUT2D eigenvalue weighted by Gasteiger charge is 2.36. The first-order valence-electron chi connectivity index (χ1n) is 10.2. The Balaban J connectivity index is 1.78. The topological polar surface area (TPSA) is 21.3 Å². The average Bonchev–Trinajstić information content (AvgIpc) is 2.71. The zero-order valence-corrected chi connectivity index (χ0v) is 17.5. The Bertz CT molecular complexity index is 1220. The molecular formula is C26H22F3NO. The van der Waals surface area contributed by atoms with Crippen molar-refractivity contribution in [1.82, 2.24) is 0 Å². The van der Waals surface area contributed by atoms with Crippen LogP contribution in [0.15, 0.2) is 66.7 Å². The van der Waals surface area contributed by atoms with Crippen LogP contribution in [-0.2, 0) is 6.18 Å². The molecule has 0 radical (unpaired) electrons. The van der Waals surface area contributed by atoms with Crippen molar-refractivity contribution in [3.8, 4) is 16.9 Å². The summed E-state index contributed by atoms with van der Waals surface area (Å²) >= 11 is 0. The molecule has 2 heterocycles. The molecule has 5 rings (SSSR count). The number of benzene rings is 3. The van der Waals surface area contributed by atoms with Gasteiger partial charge in [0.1, 0.15) is 5.75 Å². The second-order valence-electron chi connectivity index (χ2n) is 8.74. The Labute approximate surface area is 179 Å². The van der Waals surface area contributed by atoms with Crippen LogP contribution in [0.3, 0.4) is 0 Å². The molecule has 31 heavy (non-hydrogen) atoms. The van der Waals surface area contributed by atoms with Gasteiger partial charge in [-0.15, -0.1) is 0 Å². The smallest absolute Gasteiger partial charge is 0.416 e. The van der Waals surface area contributed by atoms with E-state index in [0.717, 1.165) is 39.6 Å². The fourth-order valence-corrected chi connectivity index (χ4v) is 4.74. The molecule has 0 aliphatic carbocycles. The number of hydrogen-bond acceptors (Lipinski definition) is 2. The number of alkyl halides is 3. The largest absolute Gasteiger partial charge is 0.480 e. The Hall–Kier alpha value is -3.21. The highest BCUT2D eigenvalue weighted by Crippen LogP contribution is 2.50. The van der Waals surface area contributed by atoms with Gasteiger partial charge < -0.3 is 10.1 Å². The first-order chi connectivity index (χ1) is 14.6. The molecule has 3 aromatic carbocycles. The van der Waals surface area contributed by atoms with E-state index >= 15 is 0 Å². The van der Waals surface area contributed by atoms with Crippen LogP contribution in [-0.4, -0.2) is 5.54 Å². The molecule has 2 aliphatic rings. The third-order valence-corrected chi connectivity index (χ3v) is 5.87. The lowest BCUT2D eigenvalue weighted by Gasteiger charge is -2.37. The van der Waals surface area contributed by atoms with Gasteiger partial charge in [-0.25, -0.2) is 0 Å². The van der Waals surface area contributed by atoms with Crippen LogP contribution in [0.2, 0.25) is 0 Å². The van der Waals surface area contributed by atoms with Gasteiger partial charge in [0.15, 0.2) is 6.10 Å². The van der Waals surface area contributed by atoms with Crippen LogP contribution in [0, 0.1) is 0 Å². The van der Waals surface area contributed by atoms with Gasteiger partial charge >= 0.3 is 6.18 Å². The third kappa shape index (κ3) is 3.29. The maximum atomic E-state index is 13.4. The zero-order chi connectivity index (χ0) is 22.0. The van der Waals surface area contributed by atoms with Crippen molar-refractivity contribution < 1.29 is 17.9 Å². The van der Waals surface area contributed by atoms with Crippen LogP contribution >= 0.6 is 0 Å². The van der Waals surface area contributed by atoms with Crippen molar-refractivity contribution >= 4 is 11.3 Å². The molecule has 0 bridgehead atoms. The molecule has 5 heteroatoms. The molecule has 0 aromatic heterocycles. The van der Waals surface area contributed by atoms with E-state index in [1.54, 1.807) is 6.07 Å².